The summed E-state index contributed by atoms with van der Waals surface area (Å²) >= 11 is 0. The van der Waals surface area contributed by atoms with Crippen molar-refractivity contribution < 1.29 is 14.3 Å². The van der Waals surface area contributed by atoms with Crippen LogP contribution in [0, 0.1) is 35.0 Å². The van der Waals surface area contributed by atoms with E-state index in [-0.39, 0.29) is 35.8 Å². The van der Waals surface area contributed by atoms with Gasteiger partial charge in [-0.2, -0.15) is 0 Å². The van der Waals surface area contributed by atoms with Crippen LogP contribution in [0.5, 0.6) is 0 Å². The number of amides is 1. The lowest BCUT2D eigenvalue weighted by Crippen LogP contribution is -2.54. The molecular weight excluding hydrogens is 536 g/mol. The first-order chi connectivity index (χ1) is 20.7. The SMILES string of the molecule is CCC[C@@H]1C[C@H](N=[N+]=[N-])CC[C@]1(C)[C@H]1CC2=C(C)[C@]3(CC[C@H]2C1)O[C@@H]1C[C@H](C)CN(C(=O)OCc2ccccc2)[C@H]1[C@H]3C. The number of benzene rings is 1. The normalized spacial score (nSPS) is 40.6. The summed E-state index contributed by atoms with van der Waals surface area (Å²) in [6.45, 7) is 12.8. The number of azide groups is 1. The van der Waals surface area contributed by atoms with Crippen LogP contribution in [0.4, 0.5) is 4.79 Å². The van der Waals surface area contributed by atoms with Gasteiger partial charge in [0, 0.05) is 23.4 Å². The Kier molecular flexibility index (Phi) is 8.60. The maximum absolute atomic E-state index is 13.6. The lowest BCUT2D eigenvalue weighted by Gasteiger charge is -2.48. The van der Waals surface area contributed by atoms with Gasteiger partial charge in [0.1, 0.15) is 6.61 Å². The molecule has 10 atom stereocenters. The van der Waals surface area contributed by atoms with Crippen molar-refractivity contribution in [2.24, 2.45) is 40.1 Å². The molecule has 2 saturated carbocycles. The van der Waals surface area contributed by atoms with Crippen LogP contribution in [0.3, 0.4) is 0 Å². The maximum Gasteiger partial charge on any atom is 0.410 e. The highest BCUT2D eigenvalue weighted by Crippen LogP contribution is 2.61. The van der Waals surface area contributed by atoms with Gasteiger partial charge in [-0.25, -0.2) is 4.79 Å². The first-order valence-corrected chi connectivity index (χ1v) is 17.1. The van der Waals surface area contributed by atoms with Gasteiger partial charge in [-0.1, -0.05) is 81.6 Å². The molecule has 3 aliphatic carbocycles. The number of hydrogen-bond donors (Lipinski definition) is 0. The number of nitrogens with zero attached hydrogens (tertiary/aromatic N) is 4. The summed E-state index contributed by atoms with van der Waals surface area (Å²) in [5.41, 5.74) is 13.2. The lowest BCUT2D eigenvalue weighted by molar-refractivity contribution is -0.0628. The zero-order valence-corrected chi connectivity index (χ0v) is 27.0. The maximum atomic E-state index is 13.6. The molecule has 1 aromatic rings. The van der Waals surface area contributed by atoms with Crippen molar-refractivity contribution in [1.29, 1.82) is 0 Å². The molecule has 43 heavy (non-hydrogen) atoms. The Bertz CT molecular complexity index is 1260. The van der Waals surface area contributed by atoms with Gasteiger partial charge in [0.2, 0.25) is 0 Å². The Morgan fingerprint density at radius 3 is 2.70 bits per heavy atom. The molecule has 1 amide bonds. The Labute approximate surface area is 258 Å². The monoisotopic (exact) mass is 588 g/mol. The molecule has 6 rings (SSSR count). The van der Waals surface area contributed by atoms with Crippen molar-refractivity contribution in [1.82, 2.24) is 4.90 Å². The minimum atomic E-state index is -0.291. The van der Waals surface area contributed by atoms with Gasteiger partial charge >= 0.3 is 6.09 Å². The van der Waals surface area contributed by atoms with E-state index in [0.29, 0.717) is 35.7 Å². The first kappa shape index (κ1) is 30.5. The molecule has 7 heteroatoms. The van der Waals surface area contributed by atoms with Crippen LogP contribution in [0.2, 0.25) is 0 Å². The molecule has 2 heterocycles. The number of carbonyl (C=O) groups is 1. The van der Waals surface area contributed by atoms with E-state index in [4.69, 9.17) is 15.0 Å². The van der Waals surface area contributed by atoms with Crippen LogP contribution < -0.4 is 0 Å². The third-order valence-electron chi connectivity index (χ3n) is 12.7. The van der Waals surface area contributed by atoms with Crippen molar-refractivity contribution >= 4 is 6.09 Å². The quantitative estimate of drug-likeness (QED) is 0.144. The van der Waals surface area contributed by atoms with E-state index in [0.717, 1.165) is 44.2 Å². The summed E-state index contributed by atoms with van der Waals surface area (Å²) in [5.74, 6) is 2.54. The molecule has 4 fully saturated rings. The van der Waals surface area contributed by atoms with Crippen LogP contribution in [-0.2, 0) is 16.1 Å². The number of piperidine rings is 1. The fourth-order valence-electron chi connectivity index (χ4n) is 10.4. The zero-order valence-electron chi connectivity index (χ0n) is 27.0. The van der Waals surface area contributed by atoms with E-state index in [1.54, 1.807) is 5.57 Å². The Morgan fingerprint density at radius 2 is 1.95 bits per heavy atom. The zero-order chi connectivity index (χ0) is 30.4. The summed E-state index contributed by atoms with van der Waals surface area (Å²) < 4.78 is 13.1. The Balaban J connectivity index is 1.22. The van der Waals surface area contributed by atoms with E-state index >= 15 is 0 Å². The fourth-order valence-corrected chi connectivity index (χ4v) is 10.4. The average molecular weight is 589 g/mol. The molecule has 0 N–H and O–H groups in total. The minimum Gasteiger partial charge on any atom is -0.445 e. The van der Waals surface area contributed by atoms with Crippen molar-refractivity contribution in [2.75, 3.05) is 6.54 Å². The molecule has 0 bridgehead atoms. The third-order valence-corrected chi connectivity index (χ3v) is 12.7. The second-order valence-electron chi connectivity index (χ2n) is 15.0. The second-order valence-corrected chi connectivity index (χ2v) is 15.0. The fraction of sp³-hybridized carbons (Fsp3) is 0.750. The molecular formula is C36H52N4O3. The smallest absolute Gasteiger partial charge is 0.410 e. The number of ether oxygens (including phenoxy) is 2. The van der Waals surface area contributed by atoms with Crippen LogP contribution in [0.1, 0.15) is 104 Å². The van der Waals surface area contributed by atoms with E-state index in [2.05, 4.69) is 44.6 Å². The van der Waals surface area contributed by atoms with E-state index in [9.17, 15) is 4.79 Å². The second kappa shape index (κ2) is 12.1. The van der Waals surface area contributed by atoms with Crippen molar-refractivity contribution in [3.05, 3.63) is 57.5 Å². The summed E-state index contributed by atoms with van der Waals surface area (Å²) in [6.07, 6.45) is 11.1. The first-order valence-electron chi connectivity index (χ1n) is 17.1. The Morgan fingerprint density at radius 1 is 1.16 bits per heavy atom. The summed E-state index contributed by atoms with van der Waals surface area (Å²) in [5, 5.41) is 4.15. The largest absolute Gasteiger partial charge is 0.445 e. The predicted octanol–water partition coefficient (Wildman–Crippen LogP) is 9.23. The minimum absolute atomic E-state index is 0.0474. The molecule has 5 aliphatic rings. The molecule has 2 aliphatic heterocycles. The van der Waals surface area contributed by atoms with Crippen molar-refractivity contribution in [3.8, 4) is 0 Å². The van der Waals surface area contributed by atoms with Crippen molar-refractivity contribution in [3.63, 3.8) is 0 Å². The molecule has 2 saturated heterocycles. The number of carbonyl (C=O) groups excluding carboxylic acids is 1. The molecule has 234 valence electrons. The topological polar surface area (TPSA) is 87.5 Å². The summed E-state index contributed by atoms with van der Waals surface area (Å²) in [7, 11) is 0. The molecule has 0 aromatic heterocycles. The standard InChI is InChI=1S/C36H52N4O3/c1-6-10-28-19-30(38-39-37)14-15-35(28,5)29-18-27-13-16-36(24(3)31(27)20-29)25(4)33-32(43-36)17-23(2)21-40(33)34(41)42-22-26-11-8-7-9-12-26/h7-9,11-12,23,25,27-30,32-33H,6,10,13-22H2,1-5H3/t23-,25+,27-,28+,29+,30+,32+,33-,35-,36-/m0/s1. The molecule has 0 unspecified atom stereocenters. The number of allylic oxidation sites excluding steroid dienone is 1. The highest BCUT2D eigenvalue weighted by atomic mass is 16.6. The number of likely N-dealkylation sites (tertiary alicyclic amines) is 1. The number of hydrogen-bond acceptors (Lipinski definition) is 4. The predicted molar refractivity (Wildman–Crippen MR) is 169 cm³/mol. The van der Waals surface area contributed by atoms with Crippen LogP contribution in [-0.4, -0.2) is 41.3 Å². The van der Waals surface area contributed by atoms with Gasteiger partial charge in [0.25, 0.3) is 0 Å². The van der Waals surface area contributed by atoms with Gasteiger partial charge < -0.3 is 14.4 Å². The van der Waals surface area contributed by atoms with E-state index < -0.39 is 0 Å². The third kappa shape index (κ3) is 5.39. The van der Waals surface area contributed by atoms with Gasteiger partial charge in [0.15, 0.2) is 0 Å². The molecule has 1 aromatic carbocycles. The lowest BCUT2D eigenvalue weighted by atomic mass is 9.58. The van der Waals surface area contributed by atoms with Gasteiger partial charge in [-0.05, 0) is 104 Å². The highest BCUT2D eigenvalue weighted by Gasteiger charge is 2.61. The van der Waals surface area contributed by atoms with E-state index in [1.165, 1.54) is 37.7 Å². The molecule has 1 spiro atoms. The van der Waals surface area contributed by atoms with Crippen LogP contribution >= 0.6 is 0 Å². The van der Waals surface area contributed by atoms with Crippen molar-refractivity contribution in [2.45, 2.75) is 129 Å². The highest BCUT2D eigenvalue weighted by molar-refractivity contribution is 5.68. The Hall–Kier alpha value is -2.50. The van der Waals surface area contributed by atoms with Crippen LogP contribution in [0.25, 0.3) is 10.4 Å². The average Bonchev–Trinajstić information content (AvgIpc) is 3.56. The van der Waals surface area contributed by atoms with Gasteiger partial charge in [0.05, 0.1) is 17.7 Å². The van der Waals surface area contributed by atoms with Gasteiger partial charge in [-0.3, -0.25) is 0 Å². The summed E-state index contributed by atoms with van der Waals surface area (Å²) in [4.78, 5) is 18.7. The molecule has 0 radical (unpaired) electrons. The van der Waals surface area contributed by atoms with Gasteiger partial charge in [-0.15, -0.1) is 0 Å². The van der Waals surface area contributed by atoms with Crippen LogP contribution in [0.15, 0.2) is 46.6 Å². The molecule has 7 nitrogen and oxygen atoms in total. The summed E-state index contributed by atoms with van der Waals surface area (Å²) in [6, 6.07) is 10.2. The number of fused-ring (bicyclic) bond motifs is 2. The van der Waals surface area contributed by atoms with E-state index in [1.807, 2.05) is 35.2 Å². The number of rotatable bonds is 6.